The third-order valence-corrected chi connectivity index (χ3v) is 3.36. The molecule has 2 rings (SSSR count). The minimum absolute atomic E-state index is 0.493. The zero-order valence-corrected chi connectivity index (χ0v) is 11.4. The number of ether oxygens (including phenoxy) is 1. The van der Waals surface area contributed by atoms with Crippen molar-refractivity contribution in [2.24, 2.45) is 0 Å². The number of hydrogen-bond acceptors (Lipinski definition) is 2. The van der Waals surface area contributed by atoms with Gasteiger partial charge in [-0.05, 0) is 43.1 Å². The predicted octanol–water partition coefficient (Wildman–Crippen LogP) is 2.92. The summed E-state index contributed by atoms with van der Waals surface area (Å²) in [4.78, 5) is 0. The summed E-state index contributed by atoms with van der Waals surface area (Å²) in [6, 6.07) is 4.84. The maximum Gasteiger partial charge on any atom is 0.125 e. The SMILES string of the molecule is CCNC(C)Cc1cc(Br)cc2c1OCC2. The van der Waals surface area contributed by atoms with Gasteiger partial charge >= 0.3 is 0 Å². The summed E-state index contributed by atoms with van der Waals surface area (Å²) >= 11 is 3.57. The molecule has 0 aromatic heterocycles. The molecule has 3 heteroatoms. The minimum atomic E-state index is 0.493. The maximum absolute atomic E-state index is 5.71. The van der Waals surface area contributed by atoms with Crippen LogP contribution in [-0.4, -0.2) is 19.2 Å². The van der Waals surface area contributed by atoms with Crippen LogP contribution in [0.3, 0.4) is 0 Å². The highest BCUT2D eigenvalue weighted by molar-refractivity contribution is 9.10. The van der Waals surface area contributed by atoms with Crippen molar-refractivity contribution in [3.63, 3.8) is 0 Å². The molecule has 0 spiro atoms. The van der Waals surface area contributed by atoms with Crippen molar-refractivity contribution in [3.8, 4) is 5.75 Å². The molecule has 0 bridgehead atoms. The molecular weight excluding hydrogens is 266 g/mol. The maximum atomic E-state index is 5.71. The molecule has 0 radical (unpaired) electrons. The summed E-state index contributed by atoms with van der Waals surface area (Å²) in [5.74, 6) is 1.12. The molecule has 1 atom stereocenters. The molecule has 1 heterocycles. The van der Waals surface area contributed by atoms with E-state index in [1.807, 2.05) is 0 Å². The second-order valence-corrected chi connectivity index (χ2v) is 5.23. The van der Waals surface area contributed by atoms with Gasteiger partial charge in [-0.2, -0.15) is 0 Å². The topological polar surface area (TPSA) is 21.3 Å². The summed E-state index contributed by atoms with van der Waals surface area (Å²) in [7, 11) is 0. The van der Waals surface area contributed by atoms with Crippen molar-refractivity contribution in [1.29, 1.82) is 0 Å². The second kappa shape index (κ2) is 5.19. The Kier molecular flexibility index (Phi) is 3.87. The molecule has 1 unspecified atom stereocenters. The molecule has 0 aliphatic carbocycles. The molecule has 1 aliphatic rings. The minimum Gasteiger partial charge on any atom is -0.493 e. The van der Waals surface area contributed by atoms with E-state index in [4.69, 9.17) is 4.74 Å². The summed E-state index contributed by atoms with van der Waals surface area (Å²) in [5, 5.41) is 3.43. The Balaban J connectivity index is 2.20. The number of hydrogen-bond donors (Lipinski definition) is 1. The van der Waals surface area contributed by atoms with Gasteiger partial charge in [0.25, 0.3) is 0 Å². The fraction of sp³-hybridized carbons (Fsp3) is 0.538. The van der Waals surface area contributed by atoms with E-state index in [0.717, 1.165) is 36.2 Å². The first-order valence-corrected chi connectivity index (χ1v) is 6.67. The van der Waals surface area contributed by atoms with Gasteiger partial charge in [-0.1, -0.05) is 22.9 Å². The lowest BCUT2D eigenvalue weighted by molar-refractivity contribution is 0.352. The highest BCUT2D eigenvalue weighted by atomic mass is 79.9. The van der Waals surface area contributed by atoms with Crippen molar-refractivity contribution in [2.75, 3.05) is 13.2 Å². The lowest BCUT2D eigenvalue weighted by Crippen LogP contribution is -2.27. The lowest BCUT2D eigenvalue weighted by Gasteiger charge is -2.15. The first-order valence-electron chi connectivity index (χ1n) is 5.88. The first-order chi connectivity index (χ1) is 7.70. The Hall–Kier alpha value is -0.540. The van der Waals surface area contributed by atoms with E-state index in [2.05, 4.69) is 47.2 Å². The molecular formula is C13H18BrNO. The highest BCUT2D eigenvalue weighted by Gasteiger charge is 2.18. The van der Waals surface area contributed by atoms with E-state index in [1.54, 1.807) is 0 Å². The van der Waals surface area contributed by atoms with E-state index in [1.165, 1.54) is 11.1 Å². The summed E-state index contributed by atoms with van der Waals surface area (Å²) in [5.41, 5.74) is 2.66. The Morgan fingerprint density at radius 1 is 1.50 bits per heavy atom. The Bertz CT molecular complexity index is 378. The summed E-state index contributed by atoms with van der Waals surface area (Å²) in [6.07, 6.45) is 2.06. The molecule has 1 aromatic rings. The van der Waals surface area contributed by atoms with Crippen molar-refractivity contribution < 1.29 is 4.74 Å². The highest BCUT2D eigenvalue weighted by Crippen LogP contribution is 2.33. The quantitative estimate of drug-likeness (QED) is 0.918. The standard InChI is InChI=1S/C13H18BrNO/c1-3-15-9(2)6-11-8-12(14)7-10-4-5-16-13(10)11/h7-9,15H,3-6H2,1-2H3. The number of halogens is 1. The van der Waals surface area contributed by atoms with E-state index < -0.39 is 0 Å². The molecule has 2 nitrogen and oxygen atoms in total. The number of nitrogens with one attached hydrogen (secondary N) is 1. The zero-order chi connectivity index (χ0) is 11.5. The number of likely N-dealkylation sites (N-methyl/N-ethyl adjacent to an activating group) is 1. The Morgan fingerprint density at radius 3 is 3.06 bits per heavy atom. The molecule has 88 valence electrons. The molecule has 0 fully saturated rings. The fourth-order valence-electron chi connectivity index (χ4n) is 2.25. The molecule has 0 amide bonds. The van der Waals surface area contributed by atoms with Crippen LogP contribution in [-0.2, 0) is 12.8 Å². The summed E-state index contributed by atoms with van der Waals surface area (Å²) < 4.78 is 6.88. The average molecular weight is 284 g/mol. The predicted molar refractivity (Wildman–Crippen MR) is 70.2 cm³/mol. The van der Waals surface area contributed by atoms with E-state index in [9.17, 15) is 0 Å². The van der Waals surface area contributed by atoms with Crippen LogP contribution in [0.15, 0.2) is 16.6 Å². The fourth-order valence-corrected chi connectivity index (χ4v) is 2.80. The van der Waals surface area contributed by atoms with Crippen LogP contribution in [0.25, 0.3) is 0 Å². The van der Waals surface area contributed by atoms with Crippen molar-refractivity contribution in [1.82, 2.24) is 5.32 Å². The van der Waals surface area contributed by atoms with E-state index in [-0.39, 0.29) is 0 Å². The van der Waals surface area contributed by atoms with Crippen LogP contribution in [0, 0.1) is 0 Å². The van der Waals surface area contributed by atoms with Gasteiger partial charge in [0.05, 0.1) is 6.61 Å². The Labute approximate surface area is 106 Å². The van der Waals surface area contributed by atoms with Crippen molar-refractivity contribution >= 4 is 15.9 Å². The van der Waals surface area contributed by atoms with Crippen molar-refractivity contribution in [3.05, 3.63) is 27.7 Å². The van der Waals surface area contributed by atoms with Crippen LogP contribution < -0.4 is 10.1 Å². The molecule has 1 aromatic carbocycles. The zero-order valence-electron chi connectivity index (χ0n) is 9.85. The summed E-state index contributed by atoms with van der Waals surface area (Å²) in [6.45, 7) is 6.19. The third kappa shape index (κ3) is 2.58. The average Bonchev–Trinajstić information content (AvgIpc) is 2.65. The van der Waals surface area contributed by atoms with Crippen LogP contribution in [0.4, 0.5) is 0 Å². The first kappa shape index (κ1) is 11.9. The normalized spacial score (nSPS) is 15.7. The van der Waals surface area contributed by atoms with Gasteiger partial charge in [0, 0.05) is 16.9 Å². The molecule has 1 aliphatic heterocycles. The van der Waals surface area contributed by atoms with Gasteiger partial charge in [0.2, 0.25) is 0 Å². The van der Waals surface area contributed by atoms with Gasteiger partial charge in [0.1, 0.15) is 5.75 Å². The second-order valence-electron chi connectivity index (χ2n) is 4.31. The van der Waals surface area contributed by atoms with Crippen molar-refractivity contribution in [2.45, 2.75) is 32.7 Å². The molecule has 0 saturated heterocycles. The number of rotatable bonds is 4. The van der Waals surface area contributed by atoms with Crippen LogP contribution >= 0.6 is 15.9 Å². The lowest BCUT2D eigenvalue weighted by atomic mass is 10.0. The third-order valence-electron chi connectivity index (χ3n) is 2.90. The van der Waals surface area contributed by atoms with E-state index in [0.29, 0.717) is 6.04 Å². The Morgan fingerprint density at radius 2 is 2.31 bits per heavy atom. The monoisotopic (exact) mass is 283 g/mol. The smallest absolute Gasteiger partial charge is 0.125 e. The van der Waals surface area contributed by atoms with Gasteiger partial charge in [0.15, 0.2) is 0 Å². The van der Waals surface area contributed by atoms with Crippen LogP contribution in [0.5, 0.6) is 5.75 Å². The number of fused-ring (bicyclic) bond motifs is 1. The molecule has 16 heavy (non-hydrogen) atoms. The molecule has 1 N–H and O–H groups in total. The number of benzene rings is 1. The molecule has 0 saturated carbocycles. The van der Waals surface area contributed by atoms with E-state index >= 15 is 0 Å². The van der Waals surface area contributed by atoms with Crippen LogP contribution in [0.1, 0.15) is 25.0 Å². The van der Waals surface area contributed by atoms with Crippen LogP contribution in [0.2, 0.25) is 0 Å². The largest absolute Gasteiger partial charge is 0.493 e. The van der Waals surface area contributed by atoms with Gasteiger partial charge in [-0.15, -0.1) is 0 Å². The van der Waals surface area contributed by atoms with Gasteiger partial charge < -0.3 is 10.1 Å². The van der Waals surface area contributed by atoms with Gasteiger partial charge in [-0.25, -0.2) is 0 Å². The van der Waals surface area contributed by atoms with Gasteiger partial charge in [-0.3, -0.25) is 0 Å².